The van der Waals surface area contributed by atoms with Crippen molar-refractivity contribution in [3.63, 3.8) is 0 Å². The minimum atomic E-state index is -3.89. The standard InChI is InChI=1S/C39H49ClF2N8O10S/c1-20-11-30-37(55)48(4)32(16-43-61(5,58)59)34(52)44-22(3)35(53)50-18-21(2)12-31(50)38(56)60-19-29(36(54)49(30)17-20)45-33(51)28(14-23-7-6-8-25(41)13-23)47-39(57)46-27-10-9-24(40)15-26(27)42/h6-10,13,15,20-22,28-32,43H,11-12,14,16-19H2,1-5H3,(H,44,52)(H,45,51)(H2,46,47,57)/t20?,21-,22+,28+,29+,30+,31+,32+/m1/s1. The van der Waals surface area contributed by atoms with Crippen molar-refractivity contribution in [1.29, 1.82) is 0 Å². The van der Waals surface area contributed by atoms with Gasteiger partial charge in [0.25, 0.3) is 0 Å². The molecule has 0 aliphatic carbocycles. The minimum Gasteiger partial charge on any atom is -0.461 e. The lowest BCUT2D eigenvalue weighted by molar-refractivity contribution is -0.158. The molecule has 332 valence electrons. The van der Waals surface area contributed by atoms with Crippen LogP contribution >= 0.6 is 11.6 Å². The number of urea groups is 1. The van der Waals surface area contributed by atoms with Crippen LogP contribution in [0, 0.1) is 23.5 Å². The Kier molecular flexibility index (Phi) is 14.9. The summed E-state index contributed by atoms with van der Waals surface area (Å²) in [5.74, 6) is -7.20. The number of halogens is 3. The summed E-state index contributed by atoms with van der Waals surface area (Å²) in [5, 5.41) is 9.82. The average Bonchev–Trinajstić information content (AvgIpc) is 3.77. The van der Waals surface area contributed by atoms with Gasteiger partial charge >= 0.3 is 12.0 Å². The summed E-state index contributed by atoms with van der Waals surface area (Å²) >= 11 is 5.83. The van der Waals surface area contributed by atoms with E-state index in [0.717, 1.165) is 34.3 Å². The van der Waals surface area contributed by atoms with Gasteiger partial charge in [0.2, 0.25) is 39.6 Å². The summed E-state index contributed by atoms with van der Waals surface area (Å²) in [6, 6.07) is -0.893. The molecule has 0 aromatic heterocycles. The topological polar surface area (TPSA) is 233 Å². The fourth-order valence-electron chi connectivity index (χ4n) is 7.61. The first-order chi connectivity index (χ1) is 28.6. The monoisotopic (exact) mass is 894 g/mol. The number of sulfonamides is 1. The van der Waals surface area contributed by atoms with Gasteiger partial charge in [-0.15, -0.1) is 0 Å². The van der Waals surface area contributed by atoms with Gasteiger partial charge in [-0.1, -0.05) is 37.6 Å². The molecule has 0 saturated carbocycles. The molecular weight excluding hydrogens is 846 g/mol. The van der Waals surface area contributed by atoms with Crippen molar-refractivity contribution in [3.05, 3.63) is 64.7 Å². The molecule has 5 N–H and O–H groups in total. The van der Waals surface area contributed by atoms with Crippen LogP contribution in [0.2, 0.25) is 5.02 Å². The van der Waals surface area contributed by atoms with Crippen LogP contribution in [0.3, 0.4) is 0 Å². The Morgan fingerprint density at radius 3 is 2.23 bits per heavy atom. The largest absolute Gasteiger partial charge is 0.461 e. The third-order valence-corrected chi connectivity index (χ3v) is 11.6. The number of fused-ring (bicyclic) bond motifs is 2. The summed E-state index contributed by atoms with van der Waals surface area (Å²) in [7, 11) is -2.64. The Bertz CT molecular complexity index is 2170. The molecule has 2 aromatic rings. The van der Waals surface area contributed by atoms with Crippen LogP contribution in [-0.4, -0.2) is 140 Å². The highest BCUT2D eigenvalue weighted by Crippen LogP contribution is 2.28. The molecule has 5 rings (SSSR count). The Morgan fingerprint density at radius 2 is 1.59 bits per heavy atom. The Morgan fingerprint density at radius 1 is 0.934 bits per heavy atom. The number of likely N-dealkylation sites (N-methyl/N-ethyl adjacent to an activating group) is 1. The predicted octanol–water partition coefficient (Wildman–Crippen LogP) is 0.748. The predicted molar refractivity (Wildman–Crippen MR) is 216 cm³/mol. The van der Waals surface area contributed by atoms with E-state index in [1.165, 1.54) is 43.1 Å². The molecule has 2 aromatic carbocycles. The van der Waals surface area contributed by atoms with E-state index in [4.69, 9.17) is 16.3 Å². The zero-order valence-electron chi connectivity index (χ0n) is 34.1. The third kappa shape index (κ3) is 11.9. The fourth-order valence-corrected chi connectivity index (χ4v) is 8.23. The quantitative estimate of drug-likeness (QED) is 0.222. The second-order valence-corrected chi connectivity index (χ2v) is 18.1. The van der Waals surface area contributed by atoms with Gasteiger partial charge in [0.05, 0.1) is 11.9 Å². The van der Waals surface area contributed by atoms with Crippen molar-refractivity contribution < 1.29 is 55.5 Å². The molecule has 3 saturated heterocycles. The molecule has 0 spiro atoms. The Balaban J connectivity index is 1.51. The normalized spacial score (nSPS) is 25.9. The molecule has 0 bridgehead atoms. The van der Waals surface area contributed by atoms with E-state index in [1.807, 2.05) is 0 Å². The molecule has 7 amide bonds. The molecule has 22 heteroatoms. The van der Waals surface area contributed by atoms with Crippen molar-refractivity contribution in [1.82, 2.24) is 35.4 Å². The average molecular weight is 895 g/mol. The third-order valence-electron chi connectivity index (χ3n) is 10.7. The molecule has 8 atom stereocenters. The Labute approximate surface area is 356 Å². The van der Waals surface area contributed by atoms with E-state index >= 15 is 0 Å². The summed E-state index contributed by atoms with van der Waals surface area (Å²) in [4.78, 5) is 101. The lowest BCUT2D eigenvalue weighted by atomic mass is 10.0. The first kappa shape index (κ1) is 46.7. The maximum Gasteiger partial charge on any atom is 0.328 e. The lowest BCUT2D eigenvalue weighted by Gasteiger charge is -2.35. The van der Waals surface area contributed by atoms with Gasteiger partial charge < -0.3 is 40.7 Å². The number of esters is 1. The summed E-state index contributed by atoms with van der Waals surface area (Å²) in [6.45, 7) is 3.61. The number of carbonyl (C=O) groups is 7. The SMILES string of the molecule is CC1C[C@H]2C(=O)N(C)[C@@H](CNS(C)(=O)=O)C(=O)N[C@@H](C)C(=O)N3C[C@H](C)C[C@H]3C(=O)OC[C@H](NC(=O)[C@H](Cc3cccc(F)c3)NC(=O)Nc3ccc(Cl)cc3F)C(=O)N2C1. The molecular formula is C39H49ClF2N8O10S. The van der Waals surface area contributed by atoms with Gasteiger partial charge in [-0.05, 0) is 67.5 Å². The summed E-state index contributed by atoms with van der Waals surface area (Å²) in [6.07, 6.45) is 0.759. The van der Waals surface area contributed by atoms with E-state index in [1.54, 1.807) is 13.8 Å². The number of nitrogens with zero attached hydrogens (tertiary/aromatic N) is 3. The van der Waals surface area contributed by atoms with Gasteiger partial charge in [0.1, 0.15) is 54.5 Å². The first-order valence-electron chi connectivity index (χ1n) is 19.5. The number of hydrogen-bond acceptors (Lipinski definition) is 10. The number of ether oxygens (including phenoxy) is 1. The van der Waals surface area contributed by atoms with Crippen molar-refractivity contribution in [3.8, 4) is 0 Å². The second-order valence-electron chi connectivity index (χ2n) is 15.8. The van der Waals surface area contributed by atoms with Crippen molar-refractivity contribution in [2.45, 2.75) is 76.3 Å². The van der Waals surface area contributed by atoms with Gasteiger partial charge in [-0.2, -0.15) is 0 Å². The van der Waals surface area contributed by atoms with Crippen LogP contribution < -0.4 is 26.0 Å². The number of nitrogens with one attached hydrogen (secondary N) is 5. The van der Waals surface area contributed by atoms with E-state index in [-0.39, 0.29) is 60.5 Å². The zero-order valence-corrected chi connectivity index (χ0v) is 35.6. The van der Waals surface area contributed by atoms with E-state index in [9.17, 15) is 50.8 Å². The highest BCUT2D eigenvalue weighted by Gasteiger charge is 2.46. The fraction of sp³-hybridized carbons (Fsp3) is 0.513. The summed E-state index contributed by atoms with van der Waals surface area (Å²) < 4.78 is 61.0. The molecule has 18 nitrogen and oxygen atoms in total. The lowest BCUT2D eigenvalue weighted by Crippen LogP contribution is -2.62. The maximum absolute atomic E-state index is 14.6. The highest BCUT2D eigenvalue weighted by molar-refractivity contribution is 7.88. The van der Waals surface area contributed by atoms with Crippen molar-refractivity contribution >= 4 is 68.8 Å². The first-order valence-corrected chi connectivity index (χ1v) is 21.7. The molecule has 3 aliphatic rings. The second kappa shape index (κ2) is 19.5. The maximum atomic E-state index is 14.6. The van der Waals surface area contributed by atoms with Crippen LogP contribution in [0.4, 0.5) is 19.3 Å². The number of amides is 7. The highest BCUT2D eigenvalue weighted by atomic mass is 35.5. The number of hydrogen-bond donors (Lipinski definition) is 5. The minimum absolute atomic E-state index is 0.0265. The van der Waals surface area contributed by atoms with Crippen LogP contribution in [0.25, 0.3) is 0 Å². The molecule has 61 heavy (non-hydrogen) atoms. The zero-order chi connectivity index (χ0) is 44.9. The molecule has 3 aliphatic heterocycles. The number of carbonyl (C=O) groups excluding carboxylic acids is 7. The number of benzene rings is 2. The number of anilines is 1. The summed E-state index contributed by atoms with van der Waals surface area (Å²) in [5.41, 5.74) is -0.0422. The number of rotatable bonds is 9. The van der Waals surface area contributed by atoms with E-state index in [2.05, 4.69) is 26.0 Å². The smallest absolute Gasteiger partial charge is 0.328 e. The molecule has 3 heterocycles. The van der Waals surface area contributed by atoms with Crippen molar-refractivity contribution in [2.24, 2.45) is 11.8 Å². The van der Waals surface area contributed by atoms with Crippen LogP contribution in [0.1, 0.15) is 39.2 Å². The van der Waals surface area contributed by atoms with Gasteiger partial charge in [-0.3, -0.25) is 24.0 Å². The van der Waals surface area contributed by atoms with E-state index in [0.29, 0.717) is 0 Å². The number of cyclic esters (lactones) is 1. The Hall–Kier alpha value is -5.41. The van der Waals surface area contributed by atoms with Gasteiger partial charge in [-0.25, -0.2) is 31.5 Å². The van der Waals surface area contributed by atoms with E-state index < -0.39 is 113 Å². The molecule has 0 radical (unpaired) electrons. The van der Waals surface area contributed by atoms with Crippen LogP contribution in [0.15, 0.2) is 42.5 Å². The van der Waals surface area contributed by atoms with Gasteiger partial charge in [0, 0.05) is 38.1 Å². The van der Waals surface area contributed by atoms with Gasteiger partial charge in [0.15, 0.2) is 0 Å². The van der Waals surface area contributed by atoms with Crippen LogP contribution in [-0.2, 0) is 49.9 Å². The molecule has 1 unspecified atom stereocenters. The van der Waals surface area contributed by atoms with Crippen LogP contribution in [0.5, 0.6) is 0 Å². The van der Waals surface area contributed by atoms with Crippen molar-refractivity contribution in [2.75, 3.05) is 44.9 Å². The molecule has 3 fully saturated rings.